The first-order valence-electron chi connectivity index (χ1n) is 31.5. The van der Waals surface area contributed by atoms with E-state index in [0.29, 0.717) is 0 Å². The zero-order valence-electron chi connectivity index (χ0n) is 53.9. The molecule has 5 aromatic rings. The highest BCUT2D eigenvalue weighted by atomic mass is 35.5. The van der Waals surface area contributed by atoms with Gasteiger partial charge in [0.1, 0.15) is 83.4 Å². The summed E-state index contributed by atoms with van der Waals surface area (Å²) in [4.78, 5) is 117. The number of halogens is 2. The van der Waals surface area contributed by atoms with Crippen molar-refractivity contribution in [3.8, 4) is 57.1 Å². The second-order valence-electron chi connectivity index (χ2n) is 25.8. The van der Waals surface area contributed by atoms with Gasteiger partial charge in [-0.15, -0.1) is 0 Å². The van der Waals surface area contributed by atoms with Crippen LogP contribution in [0, 0.1) is 11.8 Å². The summed E-state index contributed by atoms with van der Waals surface area (Å²) in [6, 6.07) is -0.459. The van der Waals surface area contributed by atoms with Gasteiger partial charge in [-0.1, -0.05) is 55.2 Å². The molecule has 7 unspecified atom stereocenters. The number of hydrogen-bond acceptors (Lipinski definition) is 24. The van der Waals surface area contributed by atoms with E-state index in [1.165, 1.54) is 33.0 Å². The zero-order valence-corrected chi connectivity index (χ0v) is 55.4. The fourth-order valence-electron chi connectivity index (χ4n) is 12.9. The van der Waals surface area contributed by atoms with Crippen LogP contribution >= 0.6 is 23.2 Å². The van der Waals surface area contributed by atoms with Gasteiger partial charge in [0.15, 0.2) is 17.5 Å². The van der Waals surface area contributed by atoms with Crippen molar-refractivity contribution in [2.75, 3.05) is 13.7 Å². The van der Waals surface area contributed by atoms with Gasteiger partial charge in [0.05, 0.1) is 59.4 Å². The maximum absolute atomic E-state index is 16.0. The molecule has 7 aliphatic heterocycles. The van der Waals surface area contributed by atoms with Crippen LogP contribution in [0.1, 0.15) is 105 Å². The number of hydrogen-bond donors (Lipinski definition) is 19. The molecule has 12 rings (SSSR count). The van der Waals surface area contributed by atoms with Crippen molar-refractivity contribution in [2.45, 2.75) is 150 Å². The number of phenolic OH excluding ortho intramolecular Hbond substituents is 3. The molecule has 0 aliphatic carbocycles. The van der Waals surface area contributed by atoms with Crippen LogP contribution in [-0.2, 0) is 47.8 Å². The molecular formula is C66H75Cl2N9O23. The molecule has 0 aromatic heterocycles. The highest BCUT2D eigenvalue weighted by molar-refractivity contribution is 6.32. The molecule has 32 nitrogen and oxygen atoms in total. The summed E-state index contributed by atoms with van der Waals surface area (Å²) in [5, 5.41) is 131. The number of nitrogens with one attached hydrogen (secondary N) is 7. The third-order valence-corrected chi connectivity index (χ3v) is 18.6. The lowest BCUT2D eigenvalue weighted by molar-refractivity contribution is -0.293. The molecule has 7 amide bonds. The number of ether oxygens (including phenoxy) is 5. The summed E-state index contributed by atoms with van der Waals surface area (Å²) in [5.74, 6) is -17.3. The number of primary amides is 1. The third kappa shape index (κ3) is 15.1. The molecular weight excluding hydrogens is 1360 g/mol. The molecule has 2 fully saturated rings. The second kappa shape index (κ2) is 29.6. The number of carboxylic acid groups (broad SMARTS) is 1. The first-order chi connectivity index (χ1) is 47.2. The van der Waals surface area contributed by atoms with E-state index >= 15 is 14.4 Å². The Morgan fingerprint density at radius 2 is 1.31 bits per heavy atom. The van der Waals surface area contributed by atoms with Crippen LogP contribution in [0.15, 0.2) is 78.9 Å². The Balaban J connectivity index is 1.25. The SMILES string of the molecule is CN[C@H](CC(C)C)C(=O)N[C@H]1C(=O)N[C@@H](CC(N)=O)C(=O)N[C@H]2C(=O)N[C@H]3C(=O)N[C@H](C(=O)N[C@H](C(=O)O)c4cc(O)cc(O)c4-c4cc3ccc4O)[C@H](O)c3ccc(c(Cl)c3)Oc3cc2cc(c3OC2OC(CO)C(O)C(O)C2[C@H]2C[C@](C)(N)C(O)C(C)O2)Oc2ccc(cc2Cl)[C@H]1O. The number of phenols is 3. The lowest BCUT2D eigenvalue weighted by Gasteiger charge is -2.50. The predicted octanol–water partition coefficient (Wildman–Crippen LogP) is 0.380. The van der Waals surface area contributed by atoms with Gasteiger partial charge in [0.2, 0.25) is 53.4 Å². The topological polar surface area (TPSA) is 521 Å². The van der Waals surface area contributed by atoms with Crippen molar-refractivity contribution < 1.29 is 113 Å². The molecule has 100 heavy (non-hydrogen) atoms. The van der Waals surface area contributed by atoms with Gasteiger partial charge in [-0.25, -0.2) is 4.79 Å². The molecule has 5 aromatic carbocycles. The Labute approximate surface area is 579 Å². The van der Waals surface area contributed by atoms with E-state index in [0.717, 1.165) is 66.7 Å². The van der Waals surface area contributed by atoms with E-state index in [-0.39, 0.29) is 52.0 Å². The second-order valence-corrected chi connectivity index (χ2v) is 26.6. The smallest absolute Gasteiger partial charge is 0.330 e. The van der Waals surface area contributed by atoms with E-state index in [9.17, 15) is 75.0 Å². The van der Waals surface area contributed by atoms with Crippen LogP contribution in [0.3, 0.4) is 0 Å². The van der Waals surface area contributed by atoms with Gasteiger partial charge in [0, 0.05) is 28.3 Å². The summed E-state index contributed by atoms with van der Waals surface area (Å²) in [6.07, 6.45) is -16.2. The number of carbonyl (C=O) groups is 8. The number of aliphatic hydroxyl groups is 6. The van der Waals surface area contributed by atoms with Gasteiger partial charge in [0.25, 0.3) is 0 Å². The van der Waals surface area contributed by atoms with Gasteiger partial charge < -0.3 is 123 Å². The van der Waals surface area contributed by atoms with Crippen molar-refractivity contribution in [1.82, 2.24) is 37.2 Å². The van der Waals surface area contributed by atoms with Gasteiger partial charge in [-0.05, 0) is 117 Å². The molecule has 536 valence electrons. The number of nitrogens with two attached hydrogens (primary N) is 2. The first-order valence-corrected chi connectivity index (χ1v) is 32.2. The van der Waals surface area contributed by atoms with Gasteiger partial charge in [-0.2, -0.15) is 0 Å². The van der Waals surface area contributed by atoms with Crippen molar-refractivity contribution >= 4 is 70.5 Å². The molecule has 18 atom stereocenters. The number of likely N-dealkylation sites (N-methyl/N-ethyl adjacent to an activating group) is 1. The van der Waals surface area contributed by atoms with Crippen molar-refractivity contribution in [1.29, 1.82) is 0 Å². The quantitative estimate of drug-likeness (QED) is 0.0803. The molecule has 0 radical (unpaired) electrons. The van der Waals surface area contributed by atoms with Crippen molar-refractivity contribution in [3.05, 3.63) is 117 Å². The summed E-state index contributed by atoms with van der Waals surface area (Å²) in [5.41, 5.74) is 8.17. The molecule has 7 heterocycles. The maximum atomic E-state index is 16.0. The number of carbonyl (C=O) groups excluding carboxylic acids is 7. The third-order valence-electron chi connectivity index (χ3n) is 18.1. The Bertz CT molecular complexity index is 4050. The number of amides is 7. The largest absolute Gasteiger partial charge is 0.508 e. The van der Waals surface area contributed by atoms with E-state index in [4.69, 9.17) is 58.4 Å². The van der Waals surface area contributed by atoms with Crippen LogP contribution in [0.2, 0.25) is 10.0 Å². The summed E-state index contributed by atoms with van der Waals surface area (Å²) >= 11 is 14.1. The number of benzene rings is 5. The average Bonchev–Trinajstić information content (AvgIpc) is 0.763. The van der Waals surface area contributed by atoms with Crippen molar-refractivity contribution in [3.63, 3.8) is 0 Å². The van der Waals surface area contributed by atoms with Crippen LogP contribution in [0.4, 0.5) is 0 Å². The fourth-order valence-corrected chi connectivity index (χ4v) is 13.3. The molecule has 0 spiro atoms. The van der Waals surface area contributed by atoms with Crippen LogP contribution in [-0.4, -0.2) is 185 Å². The maximum Gasteiger partial charge on any atom is 0.330 e. The van der Waals surface area contributed by atoms with Crippen LogP contribution < -0.4 is 62.9 Å². The van der Waals surface area contributed by atoms with E-state index in [1.54, 1.807) is 0 Å². The van der Waals surface area contributed by atoms with Crippen LogP contribution in [0.25, 0.3) is 11.1 Å². The fraction of sp³-hybridized carbons (Fsp3) is 0.424. The Morgan fingerprint density at radius 1 is 0.710 bits per heavy atom. The van der Waals surface area contributed by atoms with Gasteiger partial charge >= 0.3 is 5.97 Å². The molecule has 21 N–H and O–H groups in total. The number of fused-ring (bicyclic) bond motifs is 15. The monoisotopic (exact) mass is 1430 g/mol. The molecule has 7 aliphatic rings. The number of carboxylic acids is 1. The van der Waals surface area contributed by atoms with Gasteiger partial charge in [-0.3, -0.25) is 33.6 Å². The Hall–Kier alpha value is -9.16. The van der Waals surface area contributed by atoms with Crippen LogP contribution in [0.5, 0.6) is 46.0 Å². The van der Waals surface area contributed by atoms with Crippen molar-refractivity contribution in [2.24, 2.45) is 23.3 Å². The number of aromatic hydroxyl groups is 3. The zero-order chi connectivity index (χ0) is 72.8. The standard InChI is InChI=1S/C66H75Cl2N9O23/c1-23(2)12-34(71-5)58(88)76-50-52(83)26-7-10-38(32(67)14-26)97-40-16-28-17-41(56(40)100-65-46(55(86)54(85)43(22-78)99-65)42-21-66(4,70)57(87)24(3)96-42)98-39-11-8-27(15-33(39)68)53(84)51-63(93)75-49(64(94)95)31-18-29(79)19-37(81)45(31)30-13-25(6-9-36(30)80)47(60(90)77-51)74-61(91)48(28)73-59(89)35(20-44(69)82)72-62(50)92/h6-11,13-19,23-24,34-35,42-43,46-55,57,65,71,78-81,83-87H,12,20-22,70H2,1-5H3,(H2,69,82)(H,72,92)(H,73,89)(H,74,91)(H,75,93)(H,76,88)(H,77,90)(H,94,95)/t24?,34-,35+,42-,43?,46?,47-,48-,49+,50-,51+,52-,53-,54?,55?,57?,65?,66+/m1/s1. The minimum Gasteiger partial charge on any atom is -0.508 e. The lowest BCUT2D eigenvalue weighted by Crippen LogP contribution is -2.66. The van der Waals surface area contributed by atoms with E-state index in [1.807, 2.05) is 13.8 Å². The first kappa shape index (κ1) is 73.6. The van der Waals surface area contributed by atoms with E-state index < -0.39 is 231 Å². The normalized spacial score (nSPS) is 29.6. The Morgan fingerprint density at radius 3 is 1.89 bits per heavy atom. The molecule has 0 saturated carbocycles. The highest BCUT2D eigenvalue weighted by Crippen LogP contribution is 2.51. The minimum atomic E-state index is -2.33. The molecule has 11 bridgehead atoms. The lowest BCUT2D eigenvalue weighted by atomic mass is 9.76. The predicted molar refractivity (Wildman–Crippen MR) is 348 cm³/mol. The molecule has 2 saturated heterocycles. The summed E-state index contributed by atoms with van der Waals surface area (Å²) < 4.78 is 32.6. The number of aliphatic hydroxyl groups excluding tert-OH is 6. The van der Waals surface area contributed by atoms with E-state index in [2.05, 4.69) is 37.2 Å². The average molecular weight is 1430 g/mol. The summed E-state index contributed by atoms with van der Waals surface area (Å²) in [7, 11) is 1.48. The number of aliphatic carboxylic acids is 1. The molecule has 34 heteroatoms. The highest BCUT2D eigenvalue weighted by Gasteiger charge is 2.55. The number of rotatable bonds is 12. The Kier molecular flexibility index (Phi) is 21.8. The summed E-state index contributed by atoms with van der Waals surface area (Å²) in [6.45, 7) is 5.72. The minimum absolute atomic E-state index is 0.0931.